The minimum atomic E-state index is -3.71. The Morgan fingerprint density at radius 3 is 2.70 bits per heavy atom. The number of hydrogen-bond donors (Lipinski definition) is 1. The Morgan fingerprint density at radius 1 is 1.27 bits per heavy atom. The van der Waals surface area contributed by atoms with Gasteiger partial charge in [0.2, 0.25) is 15.9 Å². The smallest absolute Gasteiger partial charge is 0.223 e. The van der Waals surface area contributed by atoms with Gasteiger partial charge in [0.15, 0.2) is 0 Å². The summed E-state index contributed by atoms with van der Waals surface area (Å²) in [4.78, 5) is 12.4. The normalized spacial score (nSPS) is 15.9. The number of nitrogens with one attached hydrogen (secondary N) is 1. The van der Waals surface area contributed by atoms with Gasteiger partial charge in [-0.25, -0.2) is 17.1 Å². The van der Waals surface area contributed by atoms with E-state index in [1.54, 1.807) is 18.0 Å². The first-order chi connectivity index (χ1) is 14.4. The third-order valence-corrected chi connectivity index (χ3v) is 8.12. The van der Waals surface area contributed by atoms with Crippen LogP contribution >= 0.6 is 23.4 Å². The highest BCUT2D eigenvalue weighted by molar-refractivity contribution is 7.98. The Balaban J connectivity index is 1.41. The van der Waals surface area contributed by atoms with Gasteiger partial charge in [0, 0.05) is 41.9 Å². The molecule has 0 bridgehead atoms. The fourth-order valence-corrected chi connectivity index (χ4v) is 5.97. The van der Waals surface area contributed by atoms with Crippen molar-refractivity contribution < 1.29 is 22.0 Å². The van der Waals surface area contributed by atoms with E-state index in [1.807, 2.05) is 12.1 Å². The number of nitrogens with zero attached hydrogens (tertiary/aromatic N) is 1. The van der Waals surface area contributed by atoms with Gasteiger partial charge < -0.3 is 9.73 Å². The van der Waals surface area contributed by atoms with Crippen LogP contribution in [-0.4, -0.2) is 44.0 Å². The summed E-state index contributed by atoms with van der Waals surface area (Å²) in [5, 5.41) is 3.01. The second-order valence-electron chi connectivity index (χ2n) is 7.05. The van der Waals surface area contributed by atoms with Crippen molar-refractivity contribution in [3.63, 3.8) is 0 Å². The molecular formula is C20H24ClFN2O4S2. The lowest BCUT2D eigenvalue weighted by molar-refractivity contribution is -0.125. The molecule has 1 aromatic carbocycles. The second kappa shape index (κ2) is 10.7. The highest BCUT2D eigenvalue weighted by Crippen LogP contribution is 2.26. The molecule has 1 aliphatic rings. The van der Waals surface area contributed by atoms with Crippen molar-refractivity contribution in [2.24, 2.45) is 5.92 Å². The molecule has 0 spiro atoms. The average molecular weight is 475 g/mol. The fraction of sp³-hybridized carbons (Fsp3) is 0.450. The molecule has 0 radical (unpaired) electrons. The van der Waals surface area contributed by atoms with Crippen molar-refractivity contribution in [2.45, 2.75) is 24.3 Å². The summed E-state index contributed by atoms with van der Waals surface area (Å²) >= 11 is 7.63. The molecule has 1 aromatic heterocycles. The van der Waals surface area contributed by atoms with Crippen LogP contribution in [0.5, 0.6) is 0 Å². The molecule has 0 aliphatic carbocycles. The molecular weight excluding hydrogens is 451 g/mol. The van der Waals surface area contributed by atoms with Gasteiger partial charge >= 0.3 is 0 Å². The van der Waals surface area contributed by atoms with E-state index >= 15 is 0 Å². The lowest BCUT2D eigenvalue weighted by Gasteiger charge is -2.30. The highest BCUT2D eigenvalue weighted by Gasteiger charge is 2.32. The minimum Gasteiger partial charge on any atom is -0.468 e. The van der Waals surface area contributed by atoms with Gasteiger partial charge in [0.1, 0.15) is 11.6 Å². The number of amides is 1. The Hall–Kier alpha value is -1.55. The number of hydrogen-bond acceptors (Lipinski definition) is 5. The molecule has 1 saturated heterocycles. The van der Waals surface area contributed by atoms with Crippen LogP contribution < -0.4 is 5.32 Å². The van der Waals surface area contributed by atoms with E-state index in [0.29, 0.717) is 19.4 Å². The van der Waals surface area contributed by atoms with E-state index in [2.05, 4.69) is 5.32 Å². The monoisotopic (exact) mass is 474 g/mol. The number of halogens is 2. The van der Waals surface area contributed by atoms with E-state index in [1.165, 1.54) is 22.5 Å². The van der Waals surface area contributed by atoms with Crippen LogP contribution in [-0.2, 0) is 26.3 Å². The molecule has 0 unspecified atom stereocenters. The van der Waals surface area contributed by atoms with Crippen LogP contribution in [0.15, 0.2) is 41.0 Å². The molecule has 6 nitrogen and oxygen atoms in total. The zero-order valence-corrected chi connectivity index (χ0v) is 18.7. The quantitative estimate of drug-likeness (QED) is 0.561. The molecule has 164 valence electrons. The topological polar surface area (TPSA) is 79.6 Å². The van der Waals surface area contributed by atoms with Crippen molar-refractivity contribution >= 4 is 39.3 Å². The minimum absolute atomic E-state index is 0.0221. The van der Waals surface area contributed by atoms with Crippen LogP contribution in [0.4, 0.5) is 4.39 Å². The fourth-order valence-electron chi connectivity index (χ4n) is 3.30. The molecule has 1 aliphatic heterocycles. The summed E-state index contributed by atoms with van der Waals surface area (Å²) in [5.74, 6) is 1.03. The molecule has 30 heavy (non-hydrogen) atoms. The number of sulfonamides is 1. The molecule has 3 rings (SSSR count). The second-order valence-corrected chi connectivity index (χ2v) is 10.5. The third-order valence-electron chi connectivity index (χ3n) is 4.98. The van der Waals surface area contributed by atoms with Crippen LogP contribution in [0.1, 0.15) is 24.2 Å². The molecule has 2 heterocycles. The zero-order valence-electron chi connectivity index (χ0n) is 16.4. The number of rotatable bonds is 9. The SMILES string of the molecule is O=C(NCCSCc1ccco1)C1CCN(S(=O)(=O)Cc2c(F)cccc2Cl)CC1. The summed E-state index contributed by atoms with van der Waals surface area (Å²) < 4.78 is 45.8. The summed E-state index contributed by atoms with van der Waals surface area (Å²) in [6.07, 6.45) is 2.51. The first-order valence-electron chi connectivity index (χ1n) is 9.65. The van der Waals surface area contributed by atoms with Gasteiger partial charge in [0.25, 0.3) is 0 Å². The third kappa shape index (κ3) is 6.23. The number of piperidine rings is 1. The Labute approximate surface area is 185 Å². The maximum Gasteiger partial charge on any atom is 0.223 e. The van der Waals surface area contributed by atoms with Gasteiger partial charge in [-0.3, -0.25) is 4.79 Å². The summed E-state index contributed by atoms with van der Waals surface area (Å²) in [5.41, 5.74) is -0.0221. The largest absolute Gasteiger partial charge is 0.468 e. The number of benzene rings is 1. The summed E-state index contributed by atoms with van der Waals surface area (Å²) in [7, 11) is -3.71. The van der Waals surface area contributed by atoms with Crippen molar-refractivity contribution in [1.82, 2.24) is 9.62 Å². The van der Waals surface area contributed by atoms with E-state index in [4.69, 9.17) is 16.0 Å². The summed E-state index contributed by atoms with van der Waals surface area (Å²) in [6.45, 7) is 1.02. The average Bonchev–Trinajstić information content (AvgIpc) is 3.24. The molecule has 0 atom stereocenters. The molecule has 1 amide bonds. The van der Waals surface area contributed by atoms with Gasteiger partial charge in [-0.2, -0.15) is 11.8 Å². The molecule has 10 heteroatoms. The lowest BCUT2D eigenvalue weighted by Crippen LogP contribution is -2.43. The van der Waals surface area contributed by atoms with Gasteiger partial charge in [-0.1, -0.05) is 17.7 Å². The molecule has 1 fully saturated rings. The first-order valence-corrected chi connectivity index (χ1v) is 12.8. The van der Waals surface area contributed by atoms with E-state index in [0.717, 1.165) is 17.3 Å². The maximum absolute atomic E-state index is 13.9. The predicted octanol–water partition coefficient (Wildman–Crippen LogP) is 3.66. The van der Waals surface area contributed by atoms with E-state index < -0.39 is 21.6 Å². The van der Waals surface area contributed by atoms with Gasteiger partial charge in [-0.05, 0) is 37.1 Å². The number of thioether (sulfide) groups is 1. The highest BCUT2D eigenvalue weighted by atomic mass is 35.5. The number of carbonyl (C=O) groups excluding carboxylic acids is 1. The van der Waals surface area contributed by atoms with Crippen LogP contribution in [0.3, 0.4) is 0 Å². The molecule has 1 N–H and O–H groups in total. The van der Waals surface area contributed by atoms with Crippen molar-refractivity contribution in [3.05, 3.63) is 58.8 Å². The Kier molecular flexibility index (Phi) is 8.21. The molecule has 2 aromatic rings. The maximum atomic E-state index is 13.9. The Morgan fingerprint density at radius 2 is 2.03 bits per heavy atom. The summed E-state index contributed by atoms with van der Waals surface area (Å²) in [6, 6.07) is 7.86. The van der Waals surface area contributed by atoms with Crippen LogP contribution in [0, 0.1) is 11.7 Å². The van der Waals surface area contributed by atoms with Crippen molar-refractivity contribution in [1.29, 1.82) is 0 Å². The standard InChI is InChI=1S/C20H24ClFN2O4S2/c21-18-4-1-5-19(22)17(18)14-30(26,27)24-9-6-15(7-10-24)20(25)23-8-12-29-13-16-3-2-11-28-16/h1-5,11,15H,6-10,12-14H2,(H,23,25). The van der Waals surface area contributed by atoms with Crippen molar-refractivity contribution in [3.8, 4) is 0 Å². The van der Waals surface area contributed by atoms with Crippen LogP contribution in [0.2, 0.25) is 5.02 Å². The zero-order chi connectivity index (χ0) is 21.6. The first kappa shape index (κ1) is 23.1. The lowest BCUT2D eigenvalue weighted by atomic mass is 9.97. The Bertz CT molecular complexity index is 925. The van der Waals surface area contributed by atoms with Crippen LogP contribution in [0.25, 0.3) is 0 Å². The van der Waals surface area contributed by atoms with Gasteiger partial charge in [0.05, 0.1) is 17.8 Å². The van der Waals surface area contributed by atoms with Gasteiger partial charge in [-0.15, -0.1) is 0 Å². The number of furan rings is 1. The predicted molar refractivity (Wildman–Crippen MR) is 116 cm³/mol. The molecule has 0 saturated carbocycles. The van der Waals surface area contributed by atoms with Crippen molar-refractivity contribution in [2.75, 3.05) is 25.4 Å². The van der Waals surface area contributed by atoms with E-state index in [-0.39, 0.29) is 35.5 Å². The van der Waals surface area contributed by atoms with E-state index in [9.17, 15) is 17.6 Å². The number of carbonyl (C=O) groups is 1.